The molecule has 1 heterocycles. The molecule has 0 radical (unpaired) electrons. The van der Waals surface area contributed by atoms with Crippen LogP contribution in [-0.2, 0) is 0 Å². The van der Waals surface area contributed by atoms with E-state index in [0.29, 0.717) is 0 Å². The van der Waals surface area contributed by atoms with Gasteiger partial charge in [0, 0.05) is 23.7 Å². The molecular weight excluding hydrogens is 262 g/mol. The van der Waals surface area contributed by atoms with Crippen LogP contribution in [0, 0.1) is 0 Å². The zero-order valence-corrected chi connectivity index (χ0v) is 13.5. The SMILES string of the molecule is CCCCN(CCCC)c1ccc(-c2cccs2)cc1. The molecule has 108 valence electrons. The average molecular weight is 287 g/mol. The second-order valence-corrected chi connectivity index (χ2v) is 6.17. The van der Waals surface area contributed by atoms with Crippen LogP contribution >= 0.6 is 11.3 Å². The zero-order chi connectivity index (χ0) is 14.2. The maximum absolute atomic E-state index is 2.53. The van der Waals surface area contributed by atoms with Gasteiger partial charge in [0.2, 0.25) is 0 Å². The van der Waals surface area contributed by atoms with Crippen molar-refractivity contribution in [2.24, 2.45) is 0 Å². The first-order valence-corrected chi connectivity index (χ1v) is 8.62. The van der Waals surface area contributed by atoms with Crippen molar-refractivity contribution in [3.8, 4) is 10.4 Å². The van der Waals surface area contributed by atoms with E-state index in [9.17, 15) is 0 Å². The number of rotatable bonds is 8. The van der Waals surface area contributed by atoms with Crippen LogP contribution in [0.25, 0.3) is 10.4 Å². The van der Waals surface area contributed by atoms with Crippen molar-refractivity contribution in [1.82, 2.24) is 0 Å². The van der Waals surface area contributed by atoms with E-state index in [4.69, 9.17) is 0 Å². The van der Waals surface area contributed by atoms with E-state index >= 15 is 0 Å². The van der Waals surface area contributed by atoms with Gasteiger partial charge in [-0.1, -0.05) is 44.9 Å². The molecule has 20 heavy (non-hydrogen) atoms. The number of benzene rings is 1. The van der Waals surface area contributed by atoms with Crippen molar-refractivity contribution < 1.29 is 0 Å². The highest BCUT2D eigenvalue weighted by Crippen LogP contribution is 2.27. The highest BCUT2D eigenvalue weighted by atomic mass is 32.1. The summed E-state index contributed by atoms with van der Waals surface area (Å²) in [5.41, 5.74) is 2.70. The summed E-state index contributed by atoms with van der Waals surface area (Å²) in [5.74, 6) is 0. The molecule has 0 fully saturated rings. The van der Waals surface area contributed by atoms with Crippen molar-refractivity contribution in [3.05, 3.63) is 41.8 Å². The van der Waals surface area contributed by atoms with Gasteiger partial charge in [0.25, 0.3) is 0 Å². The van der Waals surface area contributed by atoms with Crippen LogP contribution in [0.3, 0.4) is 0 Å². The molecule has 0 bridgehead atoms. The molecule has 0 N–H and O–H groups in total. The summed E-state index contributed by atoms with van der Waals surface area (Å²) in [6.07, 6.45) is 5.07. The number of hydrogen-bond acceptors (Lipinski definition) is 2. The lowest BCUT2D eigenvalue weighted by atomic mass is 10.1. The van der Waals surface area contributed by atoms with Gasteiger partial charge in [0.05, 0.1) is 0 Å². The normalized spacial score (nSPS) is 10.7. The van der Waals surface area contributed by atoms with E-state index in [0.717, 1.165) is 0 Å². The van der Waals surface area contributed by atoms with Gasteiger partial charge >= 0.3 is 0 Å². The molecule has 0 aliphatic rings. The molecule has 2 rings (SSSR count). The third kappa shape index (κ3) is 4.11. The largest absolute Gasteiger partial charge is 0.372 e. The van der Waals surface area contributed by atoms with Gasteiger partial charge in [-0.25, -0.2) is 0 Å². The van der Waals surface area contributed by atoms with E-state index in [-0.39, 0.29) is 0 Å². The number of thiophene rings is 1. The molecule has 1 aromatic carbocycles. The van der Waals surface area contributed by atoms with Gasteiger partial charge in [-0.05, 0) is 42.0 Å². The molecule has 0 aliphatic heterocycles. The molecule has 2 aromatic rings. The lowest BCUT2D eigenvalue weighted by molar-refractivity contribution is 0.678. The summed E-state index contributed by atoms with van der Waals surface area (Å²) in [6.45, 7) is 6.87. The monoisotopic (exact) mass is 287 g/mol. The molecule has 0 unspecified atom stereocenters. The van der Waals surface area contributed by atoms with Crippen molar-refractivity contribution >= 4 is 17.0 Å². The molecule has 0 aliphatic carbocycles. The zero-order valence-electron chi connectivity index (χ0n) is 12.6. The molecule has 0 spiro atoms. The van der Waals surface area contributed by atoms with Crippen LogP contribution in [0.4, 0.5) is 5.69 Å². The fourth-order valence-electron chi connectivity index (χ4n) is 2.35. The lowest BCUT2D eigenvalue weighted by Crippen LogP contribution is -2.25. The minimum Gasteiger partial charge on any atom is -0.372 e. The third-order valence-electron chi connectivity index (χ3n) is 3.60. The van der Waals surface area contributed by atoms with Gasteiger partial charge in [0.1, 0.15) is 0 Å². The third-order valence-corrected chi connectivity index (χ3v) is 4.52. The standard InChI is InChI=1S/C18H25NS/c1-3-5-13-19(14-6-4-2)17-11-9-16(10-12-17)18-8-7-15-20-18/h7-12,15H,3-6,13-14H2,1-2H3. The first kappa shape index (κ1) is 15.1. The topological polar surface area (TPSA) is 3.24 Å². The number of unbranched alkanes of at least 4 members (excludes halogenated alkanes) is 2. The molecular formula is C18H25NS. The van der Waals surface area contributed by atoms with E-state index in [1.165, 1.54) is 54.9 Å². The van der Waals surface area contributed by atoms with Crippen molar-refractivity contribution in [3.63, 3.8) is 0 Å². The smallest absolute Gasteiger partial charge is 0.0366 e. The summed E-state index contributed by atoms with van der Waals surface area (Å²) in [5, 5.41) is 2.14. The Balaban J connectivity index is 2.08. The van der Waals surface area contributed by atoms with Crippen LogP contribution in [0.1, 0.15) is 39.5 Å². The first-order valence-electron chi connectivity index (χ1n) is 7.74. The quantitative estimate of drug-likeness (QED) is 0.591. The molecule has 0 amide bonds. The fourth-order valence-corrected chi connectivity index (χ4v) is 3.08. The van der Waals surface area contributed by atoms with E-state index < -0.39 is 0 Å². The Hall–Kier alpha value is -1.28. The summed E-state index contributed by atoms with van der Waals surface area (Å²) >= 11 is 1.80. The Kier molecular flexibility index (Phi) is 6.13. The van der Waals surface area contributed by atoms with Crippen LogP contribution in [0.2, 0.25) is 0 Å². The highest BCUT2D eigenvalue weighted by Gasteiger charge is 2.06. The molecule has 0 atom stereocenters. The van der Waals surface area contributed by atoms with Crippen molar-refractivity contribution in [1.29, 1.82) is 0 Å². The molecule has 0 saturated carbocycles. The van der Waals surface area contributed by atoms with Crippen LogP contribution in [0.5, 0.6) is 0 Å². The van der Waals surface area contributed by atoms with E-state index in [2.05, 4.69) is 60.5 Å². The van der Waals surface area contributed by atoms with Gasteiger partial charge in [-0.15, -0.1) is 11.3 Å². The molecule has 1 aromatic heterocycles. The molecule has 0 saturated heterocycles. The van der Waals surface area contributed by atoms with Gasteiger partial charge in [-0.2, -0.15) is 0 Å². The maximum atomic E-state index is 2.53. The molecule has 2 heteroatoms. The summed E-state index contributed by atoms with van der Waals surface area (Å²) in [6, 6.07) is 13.4. The summed E-state index contributed by atoms with van der Waals surface area (Å²) in [7, 11) is 0. The number of anilines is 1. The molecule has 1 nitrogen and oxygen atoms in total. The van der Waals surface area contributed by atoms with E-state index in [1.807, 2.05) is 0 Å². The second kappa shape index (κ2) is 8.11. The minimum absolute atomic E-state index is 1.18. The van der Waals surface area contributed by atoms with Gasteiger partial charge in [0.15, 0.2) is 0 Å². The van der Waals surface area contributed by atoms with Crippen molar-refractivity contribution in [2.45, 2.75) is 39.5 Å². The maximum Gasteiger partial charge on any atom is 0.0366 e. The predicted octanol–water partition coefficient (Wildman–Crippen LogP) is 5.82. The van der Waals surface area contributed by atoms with E-state index in [1.54, 1.807) is 11.3 Å². The Morgan fingerprint density at radius 2 is 1.55 bits per heavy atom. The van der Waals surface area contributed by atoms with Crippen LogP contribution in [0.15, 0.2) is 41.8 Å². The predicted molar refractivity (Wildman–Crippen MR) is 91.8 cm³/mol. The Labute approximate surface area is 127 Å². The van der Waals surface area contributed by atoms with Crippen LogP contribution < -0.4 is 4.90 Å². The van der Waals surface area contributed by atoms with Gasteiger partial charge < -0.3 is 4.90 Å². The fraction of sp³-hybridized carbons (Fsp3) is 0.444. The second-order valence-electron chi connectivity index (χ2n) is 5.22. The highest BCUT2D eigenvalue weighted by molar-refractivity contribution is 7.13. The Morgan fingerprint density at radius 1 is 0.900 bits per heavy atom. The first-order chi connectivity index (χ1) is 9.85. The number of hydrogen-bond donors (Lipinski definition) is 0. The van der Waals surface area contributed by atoms with Crippen molar-refractivity contribution in [2.75, 3.05) is 18.0 Å². The van der Waals surface area contributed by atoms with Crippen LogP contribution in [-0.4, -0.2) is 13.1 Å². The lowest BCUT2D eigenvalue weighted by Gasteiger charge is -2.24. The minimum atomic E-state index is 1.18. The van der Waals surface area contributed by atoms with Gasteiger partial charge in [-0.3, -0.25) is 0 Å². The Bertz CT molecular complexity index is 465. The summed E-state index contributed by atoms with van der Waals surface area (Å²) in [4.78, 5) is 3.88. The summed E-state index contributed by atoms with van der Waals surface area (Å²) < 4.78 is 0. The average Bonchev–Trinajstić information content (AvgIpc) is 3.02. The number of nitrogens with zero attached hydrogens (tertiary/aromatic N) is 1. The Morgan fingerprint density at radius 3 is 2.05 bits per heavy atom.